The second-order valence-corrected chi connectivity index (χ2v) is 4.99. The van der Waals surface area contributed by atoms with E-state index in [1.54, 1.807) is 43.3 Å². The van der Waals surface area contributed by atoms with Gasteiger partial charge in [0.15, 0.2) is 0 Å². The third-order valence-electron chi connectivity index (χ3n) is 3.06. The first-order valence-electron chi connectivity index (χ1n) is 6.76. The zero-order valence-corrected chi connectivity index (χ0v) is 12.8. The molecule has 114 valence electrons. The molecule has 2 rings (SSSR count). The fraction of sp³-hybridized carbons (Fsp3) is 0.125. The monoisotopic (exact) mass is 317 g/mol. The number of nitrogens with one attached hydrogen (secondary N) is 1. The van der Waals surface area contributed by atoms with Crippen LogP contribution in [-0.2, 0) is 9.59 Å². The Kier molecular flexibility index (Phi) is 5.01. The van der Waals surface area contributed by atoms with Gasteiger partial charge in [0.25, 0.3) is 0 Å². The number of carbonyl (C=O) groups is 2. The van der Waals surface area contributed by atoms with Crippen LogP contribution in [0.3, 0.4) is 0 Å². The van der Waals surface area contributed by atoms with E-state index in [4.69, 9.17) is 17.3 Å². The summed E-state index contributed by atoms with van der Waals surface area (Å²) in [6.07, 6.45) is 0. The number of amides is 2. The Bertz CT molecular complexity index is 689. The Labute approximate surface area is 133 Å². The van der Waals surface area contributed by atoms with Crippen molar-refractivity contribution in [2.24, 2.45) is 0 Å². The molecule has 6 heteroatoms. The average Bonchev–Trinajstić information content (AvgIpc) is 2.51. The third kappa shape index (κ3) is 3.56. The van der Waals surface area contributed by atoms with Gasteiger partial charge in [-0.05, 0) is 37.3 Å². The van der Waals surface area contributed by atoms with E-state index in [-0.39, 0.29) is 5.02 Å². The summed E-state index contributed by atoms with van der Waals surface area (Å²) in [6.45, 7) is 2.18. The van der Waals surface area contributed by atoms with Crippen LogP contribution in [0.1, 0.15) is 6.92 Å². The van der Waals surface area contributed by atoms with Gasteiger partial charge in [0.05, 0.1) is 10.7 Å². The number of nitrogen functional groups attached to an aromatic ring is 1. The van der Waals surface area contributed by atoms with Crippen molar-refractivity contribution < 1.29 is 9.59 Å². The number of likely N-dealkylation sites (N-methyl/N-ethyl adjacent to an activating group) is 1. The molecule has 0 aliphatic carbocycles. The molecule has 0 unspecified atom stereocenters. The van der Waals surface area contributed by atoms with E-state index in [1.807, 2.05) is 6.07 Å². The maximum absolute atomic E-state index is 12.3. The normalized spacial score (nSPS) is 10.1. The molecule has 2 amide bonds. The van der Waals surface area contributed by atoms with E-state index >= 15 is 0 Å². The highest BCUT2D eigenvalue weighted by Gasteiger charge is 2.22. The SMILES string of the molecule is CCN(C(=O)C(=O)Nc1ccc(N)cc1Cl)c1ccccc1. The number of nitrogens with two attached hydrogens (primary N) is 1. The minimum absolute atomic E-state index is 0.281. The molecule has 0 heterocycles. The van der Waals surface area contributed by atoms with Gasteiger partial charge in [-0.2, -0.15) is 0 Å². The smallest absolute Gasteiger partial charge is 0.316 e. The van der Waals surface area contributed by atoms with Crippen LogP contribution in [-0.4, -0.2) is 18.4 Å². The predicted octanol–water partition coefficient (Wildman–Crippen LogP) is 2.91. The van der Waals surface area contributed by atoms with Crippen molar-refractivity contribution in [2.45, 2.75) is 6.92 Å². The maximum atomic E-state index is 12.3. The van der Waals surface area contributed by atoms with Crippen molar-refractivity contribution in [1.29, 1.82) is 0 Å². The molecule has 0 atom stereocenters. The summed E-state index contributed by atoms with van der Waals surface area (Å²) in [5, 5.41) is 2.79. The fourth-order valence-corrected chi connectivity index (χ4v) is 2.22. The van der Waals surface area contributed by atoms with Crippen molar-refractivity contribution in [3.8, 4) is 0 Å². The molecule has 0 aliphatic heterocycles. The molecule has 0 radical (unpaired) electrons. The van der Waals surface area contributed by atoms with Crippen LogP contribution in [0.5, 0.6) is 0 Å². The van der Waals surface area contributed by atoms with E-state index < -0.39 is 11.8 Å². The van der Waals surface area contributed by atoms with E-state index in [9.17, 15) is 9.59 Å². The summed E-state index contributed by atoms with van der Waals surface area (Å²) >= 11 is 5.99. The zero-order chi connectivity index (χ0) is 16.1. The van der Waals surface area contributed by atoms with Gasteiger partial charge >= 0.3 is 11.8 Å². The van der Waals surface area contributed by atoms with Crippen molar-refractivity contribution in [3.05, 3.63) is 53.6 Å². The molecule has 0 aliphatic rings. The van der Waals surface area contributed by atoms with Gasteiger partial charge < -0.3 is 16.0 Å². The number of carbonyl (C=O) groups excluding carboxylic acids is 2. The molecule has 0 saturated carbocycles. The van der Waals surface area contributed by atoms with Crippen LogP contribution in [0.15, 0.2) is 48.5 Å². The first-order valence-corrected chi connectivity index (χ1v) is 7.13. The molecule has 22 heavy (non-hydrogen) atoms. The topological polar surface area (TPSA) is 75.4 Å². The molecular formula is C16H16ClN3O2. The number of anilines is 3. The van der Waals surface area contributed by atoms with Crippen molar-refractivity contribution in [2.75, 3.05) is 22.5 Å². The Balaban J connectivity index is 2.16. The van der Waals surface area contributed by atoms with E-state index in [0.717, 1.165) is 0 Å². The van der Waals surface area contributed by atoms with Gasteiger partial charge in [-0.1, -0.05) is 29.8 Å². The molecule has 3 N–H and O–H groups in total. The molecule has 0 saturated heterocycles. The lowest BCUT2D eigenvalue weighted by atomic mass is 10.2. The quantitative estimate of drug-likeness (QED) is 0.675. The third-order valence-corrected chi connectivity index (χ3v) is 3.38. The molecule has 0 fully saturated rings. The van der Waals surface area contributed by atoms with Crippen molar-refractivity contribution in [1.82, 2.24) is 0 Å². The van der Waals surface area contributed by atoms with Crippen LogP contribution < -0.4 is 16.0 Å². The Morgan fingerprint density at radius 2 is 1.86 bits per heavy atom. The number of nitrogens with zero attached hydrogens (tertiary/aromatic N) is 1. The molecule has 0 bridgehead atoms. The summed E-state index contributed by atoms with van der Waals surface area (Å²) < 4.78 is 0. The van der Waals surface area contributed by atoms with Crippen LogP contribution >= 0.6 is 11.6 Å². The number of hydrogen-bond acceptors (Lipinski definition) is 3. The van der Waals surface area contributed by atoms with Gasteiger partial charge in [0, 0.05) is 17.9 Å². The second kappa shape index (κ2) is 6.95. The number of rotatable bonds is 3. The number of benzene rings is 2. The molecule has 5 nitrogen and oxygen atoms in total. The Morgan fingerprint density at radius 3 is 2.45 bits per heavy atom. The van der Waals surface area contributed by atoms with Gasteiger partial charge in [0.2, 0.25) is 0 Å². The van der Waals surface area contributed by atoms with Gasteiger partial charge in [-0.15, -0.1) is 0 Å². The lowest BCUT2D eigenvalue weighted by Gasteiger charge is -2.20. The van der Waals surface area contributed by atoms with E-state index in [1.165, 1.54) is 11.0 Å². The molecular weight excluding hydrogens is 302 g/mol. The lowest BCUT2D eigenvalue weighted by Crippen LogP contribution is -2.39. The minimum atomic E-state index is -0.752. The van der Waals surface area contributed by atoms with Crippen molar-refractivity contribution >= 4 is 40.5 Å². The number of para-hydroxylation sites is 1. The summed E-state index contributed by atoms with van der Waals surface area (Å²) in [5.41, 5.74) is 7.08. The van der Waals surface area contributed by atoms with Crippen LogP contribution in [0.25, 0.3) is 0 Å². The Morgan fingerprint density at radius 1 is 1.18 bits per heavy atom. The fourth-order valence-electron chi connectivity index (χ4n) is 1.98. The lowest BCUT2D eigenvalue weighted by molar-refractivity contribution is -0.134. The highest BCUT2D eigenvalue weighted by atomic mass is 35.5. The standard InChI is InChI=1S/C16H16ClN3O2/c1-2-20(12-6-4-3-5-7-12)16(22)15(21)19-14-9-8-11(18)10-13(14)17/h3-10H,2,18H2,1H3,(H,19,21). The number of halogens is 1. The van der Waals surface area contributed by atoms with E-state index in [2.05, 4.69) is 5.32 Å². The van der Waals surface area contributed by atoms with Crippen LogP contribution in [0, 0.1) is 0 Å². The zero-order valence-electron chi connectivity index (χ0n) is 12.0. The molecule has 0 aromatic heterocycles. The average molecular weight is 318 g/mol. The largest absolute Gasteiger partial charge is 0.399 e. The Hall–Kier alpha value is -2.53. The van der Waals surface area contributed by atoms with E-state index in [0.29, 0.717) is 23.6 Å². The summed E-state index contributed by atoms with van der Waals surface area (Å²) in [4.78, 5) is 25.8. The van der Waals surface area contributed by atoms with Gasteiger partial charge in [0.1, 0.15) is 0 Å². The molecule has 2 aromatic rings. The summed E-state index contributed by atoms with van der Waals surface area (Å²) in [5.74, 6) is -1.40. The van der Waals surface area contributed by atoms with Crippen LogP contribution in [0.4, 0.5) is 17.1 Å². The first-order chi connectivity index (χ1) is 10.5. The first kappa shape index (κ1) is 15.9. The highest BCUT2D eigenvalue weighted by molar-refractivity contribution is 6.45. The molecule has 2 aromatic carbocycles. The summed E-state index contributed by atoms with van der Waals surface area (Å²) in [7, 11) is 0. The molecule has 0 spiro atoms. The maximum Gasteiger partial charge on any atom is 0.316 e. The van der Waals surface area contributed by atoms with Crippen LogP contribution in [0.2, 0.25) is 5.02 Å². The van der Waals surface area contributed by atoms with Crippen molar-refractivity contribution in [3.63, 3.8) is 0 Å². The second-order valence-electron chi connectivity index (χ2n) is 4.58. The van der Waals surface area contributed by atoms with Gasteiger partial charge in [-0.3, -0.25) is 9.59 Å². The summed E-state index contributed by atoms with van der Waals surface area (Å²) in [6, 6.07) is 13.7. The highest BCUT2D eigenvalue weighted by Crippen LogP contribution is 2.24. The van der Waals surface area contributed by atoms with Gasteiger partial charge in [-0.25, -0.2) is 0 Å². The minimum Gasteiger partial charge on any atom is -0.399 e. The number of hydrogen-bond donors (Lipinski definition) is 2. The predicted molar refractivity (Wildman–Crippen MR) is 89.0 cm³/mol.